The van der Waals surface area contributed by atoms with Gasteiger partial charge in [0.2, 0.25) is 0 Å². The van der Waals surface area contributed by atoms with E-state index in [0.29, 0.717) is 23.2 Å². The van der Waals surface area contributed by atoms with Gasteiger partial charge in [-0.15, -0.1) is 11.6 Å². The standard InChI is InChI=1S/C16H12Cl2FNO/c17-13-3-1-2-11(15(13)19)14(18)10-5-4-9-6-7-20-16(21)12(9)8-10/h1-5,8,14H,6-7H2,(H,20,21). The van der Waals surface area contributed by atoms with E-state index < -0.39 is 11.2 Å². The van der Waals surface area contributed by atoms with Crippen molar-refractivity contribution in [2.24, 2.45) is 0 Å². The van der Waals surface area contributed by atoms with Crippen LogP contribution < -0.4 is 5.32 Å². The van der Waals surface area contributed by atoms with Gasteiger partial charge in [-0.05, 0) is 29.7 Å². The fourth-order valence-corrected chi connectivity index (χ4v) is 2.97. The van der Waals surface area contributed by atoms with Crippen LogP contribution in [0.2, 0.25) is 5.02 Å². The molecule has 1 aliphatic rings. The van der Waals surface area contributed by atoms with Gasteiger partial charge in [-0.3, -0.25) is 4.79 Å². The Morgan fingerprint density at radius 3 is 2.86 bits per heavy atom. The molecule has 1 aliphatic heterocycles. The Balaban J connectivity index is 2.02. The summed E-state index contributed by atoms with van der Waals surface area (Å²) in [7, 11) is 0. The number of fused-ring (bicyclic) bond motifs is 1. The highest BCUT2D eigenvalue weighted by molar-refractivity contribution is 6.31. The third kappa shape index (κ3) is 2.63. The maximum atomic E-state index is 14.1. The number of rotatable bonds is 2. The van der Waals surface area contributed by atoms with Gasteiger partial charge in [-0.2, -0.15) is 0 Å². The van der Waals surface area contributed by atoms with Crippen molar-refractivity contribution in [1.82, 2.24) is 5.32 Å². The second-order valence-corrected chi connectivity index (χ2v) is 5.77. The monoisotopic (exact) mass is 323 g/mol. The molecule has 108 valence electrons. The molecule has 0 spiro atoms. The Kier molecular flexibility index (Phi) is 3.87. The van der Waals surface area contributed by atoms with Gasteiger partial charge in [0.15, 0.2) is 0 Å². The van der Waals surface area contributed by atoms with Crippen LogP contribution in [0.4, 0.5) is 4.39 Å². The Morgan fingerprint density at radius 2 is 2.05 bits per heavy atom. The molecule has 0 fully saturated rings. The molecule has 0 radical (unpaired) electrons. The van der Waals surface area contributed by atoms with Gasteiger partial charge < -0.3 is 5.32 Å². The summed E-state index contributed by atoms with van der Waals surface area (Å²) in [4.78, 5) is 11.9. The SMILES string of the molecule is O=C1NCCc2ccc(C(Cl)c3cccc(Cl)c3F)cc21. The molecular weight excluding hydrogens is 312 g/mol. The minimum atomic E-state index is -0.691. The number of nitrogens with one attached hydrogen (secondary N) is 1. The van der Waals surface area contributed by atoms with E-state index in [9.17, 15) is 9.18 Å². The predicted molar refractivity (Wildman–Crippen MR) is 81.6 cm³/mol. The minimum absolute atomic E-state index is 0.0360. The molecule has 0 aromatic heterocycles. The van der Waals surface area contributed by atoms with Crippen molar-refractivity contribution in [3.05, 3.63) is 69.5 Å². The summed E-state index contributed by atoms with van der Waals surface area (Å²) in [5.41, 5.74) is 2.57. The first-order valence-electron chi connectivity index (χ1n) is 6.57. The Hall–Kier alpha value is -1.58. The lowest BCUT2D eigenvalue weighted by molar-refractivity contribution is 0.0946. The van der Waals surface area contributed by atoms with Crippen molar-refractivity contribution in [1.29, 1.82) is 0 Å². The molecule has 2 nitrogen and oxygen atoms in total. The number of carbonyl (C=O) groups is 1. The number of halogens is 3. The summed E-state index contributed by atoms with van der Waals surface area (Å²) in [6.07, 6.45) is 0.791. The van der Waals surface area contributed by atoms with E-state index >= 15 is 0 Å². The molecule has 2 aromatic carbocycles. The highest BCUT2D eigenvalue weighted by atomic mass is 35.5. The number of amides is 1. The van der Waals surface area contributed by atoms with E-state index in [4.69, 9.17) is 23.2 Å². The zero-order valence-corrected chi connectivity index (χ0v) is 12.5. The fourth-order valence-electron chi connectivity index (χ4n) is 2.48. The first-order chi connectivity index (χ1) is 10.1. The molecule has 2 aromatic rings. The lowest BCUT2D eigenvalue weighted by atomic mass is 9.95. The molecule has 0 saturated heterocycles. The molecule has 1 heterocycles. The summed E-state index contributed by atoms with van der Waals surface area (Å²) >= 11 is 12.2. The van der Waals surface area contributed by atoms with Gasteiger partial charge in [0.25, 0.3) is 5.91 Å². The number of carbonyl (C=O) groups excluding carboxylic acids is 1. The van der Waals surface area contributed by atoms with Crippen LogP contribution in [0, 0.1) is 5.82 Å². The molecule has 0 bridgehead atoms. The first-order valence-corrected chi connectivity index (χ1v) is 7.38. The molecule has 1 atom stereocenters. The van der Waals surface area contributed by atoms with E-state index in [-0.39, 0.29) is 10.9 Å². The summed E-state index contributed by atoms with van der Waals surface area (Å²) in [5, 5.41) is 2.13. The number of hydrogen-bond donors (Lipinski definition) is 1. The van der Waals surface area contributed by atoms with Crippen LogP contribution in [0.25, 0.3) is 0 Å². The van der Waals surface area contributed by atoms with E-state index in [1.54, 1.807) is 18.2 Å². The summed E-state index contributed by atoms with van der Waals surface area (Å²) in [5.74, 6) is -0.644. The van der Waals surface area contributed by atoms with Crippen molar-refractivity contribution in [3.8, 4) is 0 Å². The van der Waals surface area contributed by atoms with Gasteiger partial charge >= 0.3 is 0 Å². The first kappa shape index (κ1) is 14.4. The van der Waals surface area contributed by atoms with Crippen molar-refractivity contribution in [3.63, 3.8) is 0 Å². The summed E-state index contributed by atoms with van der Waals surface area (Å²) < 4.78 is 14.1. The van der Waals surface area contributed by atoms with Crippen LogP contribution in [0.3, 0.4) is 0 Å². The maximum absolute atomic E-state index is 14.1. The second kappa shape index (κ2) is 5.66. The van der Waals surface area contributed by atoms with E-state index in [0.717, 1.165) is 12.0 Å². The van der Waals surface area contributed by atoms with Gasteiger partial charge in [-0.1, -0.05) is 35.9 Å². The smallest absolute Gasteiger partial charge is 0.251 e. The van der Waals surface area contributed by atoms with Crippen molar-refractivity contribution >= 4 is 29.1 Å². The molecule has 3 rings (SSSR count). The van der Waals surface area contributed by atoms with Crippen molar-refractivity contribution in [2.45, 2.75) is 11.8 Å². The molecule has 21 heavy (non-hydrogen) atoms. The molecule has 0 saturated carbocycles. The largest absolute Gasteiger partial charge is 0.352 e. The van der Waals surface area contributed by atoms with Crippen LogP contribution in [0.15, 0.2) is 36.4 Å². The Bertz CT molecular complexity index is 717. The normalized spacial score (nSPS) is 15.3. The minimum Gasteiger partial charge on any atom is -0.352 e. The van der Waals surface area contributed by atoms with Crippen molar-refractivity contribution in [2.75, 3.05) is 6.54 Å². The Labute approximate surface area is 131 Å². The molecule has 1 N–H and O–H groups in total. The fraction of sp³-hybridized carbons (Fsp3) is 0.188. The lowest BCUT2D eigenvalue weighted by Crippen LogP contribution is -2.31. The molecule has 1 amide bonds. The van der Waals surface area contributed by atoms with Crippen molar-refractivity contribution < 1.29 is 9.18 Å². The summed E-state index contributed by atoms with van der Waals surface area (Å²) in [6, 6.07) is 10.2. The molecule has 5 heteroatoms. The maximum Gasteiger partial charge on any atom is 0.251 e. The number of alkyl halides is 1. The average Bonchev–Trinajstić information content (AvgIpc) is 2.49. The molecule has 0 aliphatic carbocycles. The zero-order valence-electron chi connectivity index (χ0n) is 11.0. The van der Waals surface area contributed by atoms with Gasteiger partial charge in [-0.25, -0.2) is 4.39 Å². The second-order valence-electron chi connectivity index (χ2n) is 4.93. The predicted octanol–water partition coefficient (Wildman–Crippen LogP) is 4.09. The summed E-state index contributed by atoms with van der Waals surface area (Å²) in [6.45, 7) is 0.637. The van der Waals surface area contributed by atoms with Gasteiger partial charge in [0.05, 0.1) is 10.4 Å². The lowest BCUT2D eigenvalue weighted by Gasteiger charge is -2.19. The quantitative estimate of drug-likeness (QED) is 0.828. The third-order valence-electron chi connectivity index (χ3n) is 3.61. The average molecular weight is 324 g/mol. The zero-order chi connectivity index (χ0) is 15.0. The van der Waals surface area contributed by atoms with Gasteiger partial charge in [0.1, 0.15) is 5.82 Å². The van der Waals surface area contributed by atoms with E-state index in [2.05, 4.69) is 5.32 Å². The Morgan fingerprint density at radius 1 is 1.24 bits per heavy atom. The van der Waals surface area contributed by atoms with E-state index in [1.165, 1.54) is 6.07 Å². The van der Waals surface area contributed by atoms with Crippen LogP contribution in [0.5, 0.6) is 0 Å². The highest BCUT2D eigenvalue weighted by Gasteiger charge is 2.21. The number of benzene rings is 2. The van der Waals surface area contributed by atoms with Crippen LogP contribution in [-0.2, 0) is 6.42 Å². The molecular formula is C16H12Cl2FNO. The number of hydrogen-bond acceptors (Lipinski definition) is 1. The topological polar surface area (TPSA) is 29.1 Å². The highest BCUT2D eigenvalue weighted by Crippen LogP contribution is 2.34. The van der Waals surface area contributed by atoms with Crippen LogP contribution in [-0.4, -0.2) is 12.5 Å². The van der Waals surface area contributed by atoms with Gasteiger partial charge in [0, 0.05) is 17.7 Å². The van der Waals surface area contributed by atoms with E-state index in [1.807, 2.05) is 12.1 Å². The third-order valence-corrected chi connectivity index (χ3v) is 4.38. The molecule has 1 unspecified atom stereocenters. The van der Waals surface area contributed by atoms with Crippen LogP contribution in [0.1, 0.15) is 32.4 Å². The van der Waals surface area contributed by atoms with Crippen LogP contribution >= 0.6 is 23.2 Å².